The first kappa shape index (κ1) is 17.0. The smallest absolute Gasteiger partial charge is 0.290 e. The quantitative estimate of drug-likeness (QED) is 0.656. The van der Waals surface area contributed by atoms with Gasteiger partial charge in [-0.25, -0.2) is 4.98 Å². The fourth-order valence-electron chi connectivity index (χ4n) is 2.24. The zero-order valence-electron chi connectivity index (χ0n) is 13.8. The minimum Gasteiger partial charge on any atom is -0.471 e. The molecule has 0 aliphatic carbocycles. The van der Waals surface area contributed by atoms with Crippen LogP contribution in [0.25, 0.3) is 6.08 Å². The van der Waals surface area contributed by atoms with Crippen LogP contribution in [0.2, 0.25) is 0 Å². The lowest BCUT2D eigenvalue weighted by Gasteiger charge is -2.26. The van der Waals surface area contributed by atoms with E-state index in [1.54, 1.807) is 12.3 Å². The summed E-state index contributed by atoms with van der Waals surface area (Å²) in [5.41, 5.74) is 0.824. The molecule has 1 aromatic heterocycles. The van der Waals surface area contributed by atoms with Crippen molar-refractivity contribution >= 4 is 34.8 Å². The van der Waals surface area contributed by atoms with Crippen molar-refractivity contribution in [2.45, 2.75) is 13.2 Å². The van der Waals surface area contributed by atoms with Crippen LogP contribution in [0.4, 0.5) is 10.6 Å². The van der Waals surface area contributed by atoms with Crippen molar-refractivity contribution in [3.05, 3.63) is 59.1 Å². The van der Waals surface area contributed by atoms with Gasteiger partial charge >= 0.3 is 0 Å². The number of rotatable bonds is 5. The van der Waals surface area contributed by atoms with Gasteiger partial charge < -0.3 is 9.64 Å². The summed E-state index contributed by atoms with van der Waals surface area (Å²) in [6.45, 7) is 1.94. The molecule has 2 amide bonds. The molecular weight excluding hydrogens is 338 g/mol. The lowest BCUT2D eigenvalue weighted by molar-refractivity contribution is -0.115. The number of ether oxygens (including phenoxy) is 1. The molecule has 1 unspecified atom stereocenters. The van der Waals surface area contributed by atoms with Crippen molar-refractivity contribution in [2.24, 2.45) is 0 Å². The average Bonchev–Trinajstić information content (AvgIpc) is 2.94. The monoisotopic (exact) mass is 355 g/mol. The molecular formula is C18H17N3O3S. The molecule has 0 radical (unpaired) electrons. The van der Waals surface area contributed by atoms with E-state index in [9.17, 15) is 9.59 Å². The number of benzene rings is 1. The molecule has 1 atom stereocenters. The highest BCUT2D eigenvalue weighted by Gasteiger charge is 2.24. The molecule has 6 nitrogen and oxygen atoms in total. The molecule has 0 spiro atoms. The van der Waals surface area contributed by atoms with E-state index < -0.39 is 0 Å². The van der Waals surface area contributed by atoms with Gasteiger partial charge in [-0.3, -0.25) is 14.9 Å². The maximum atomic E-state index is 11.6. The van der Waals surface area contributed by atoms with Gasteiger partial charge in [0.25, 0.3) is 11.1 Å². The first-order chi connectivity index (χ1) is 12.0. The molecule has 1 aliphatic rings. The summed E-state index contributed by atoms with van der Waals surface area (Å²) in [6, 6.07) is 13.0. The number of carbonyl (C=O) groups is 2. The topological polar surface area (TPSA) is 71.5 Å². The minimum atomic E-state index is -0.360. The Hall–Kier alpha value is -2.80. The molecule has 0 saturated carbocycles. The average molecular weight is 355 g/mol. The molecule has 1 aliphatic heterocycles. The van der Waals surface area contributed by atoms with Crippen molar-refractivity contribution < 1.29 is 14.3 Å². The third-order valence-corrected chi connectivity index (χ3v) is 4.49. The summed E-state index contributed by atoms with van der Waals surface area (Å²) in [4.78, 5) is 29.3. The second kappa shape index (κ2) is 7.40. The van der Waals surface area contributed by atoms with E-state index in [0.29, 0.717) is 10.7 Å². The number of hydrogen-bond donors (Lipinski definition) is 1. The Morgan fingerprint density at radius 3 is 2.56 bits per heavy atom. The van der Waals surface area contributed by atoms with E-state index >= 15 is 0 Å². The van der Waals surface area contributed by atoms with Gasteiger partial charge in [0.15, 0.2) is 6.23 Å². The van der Waals surface area contributed by atoms with E-state index in [0.717, 1.165) is 23.1 Å². The fourth-order valence-corrected chi connectivity index (χ4v) is 2.92. The van der Waals surface area contributed by atoms with Crippen molar-refractivity contribution in [2.75, 3.05) is 11.9 Å². The van der Waals surface area contributed by atoms with Crippen LogP contribution in [0.3, 0.4) is 0 Å². The van der Waals surface area contributed by atoms with Crippen LogP contribution in [0, 0.1) is 0 Å². The van der Waals surface area contributed by atoms with Gasteiger partial charge in [0.05, 0.1) is 4.91 Å². The van der Waals surface area contributed by atoms with Crippen molar-refractivity contribution in [1.29, 1.82) is 0 Å². The van der Waals surface area contributed by atoms with Gasteiger partial charge in [0, 0.05) is 13.2 Å². The number of pyridine rings is 1. The van der Waals surface area contributed by atoms with E-state index in [1.807, 2.05) is 61.3 Å². The number of hydrogen-bond acceptors (Lipinski definition) is 6. The molecule has 1 fully saturated rings. The normalized spacial score (nSPS) is 16.6. The lowest BCUT2D eigenvalue weighted by atomic mass is 10.2. The van der Waals surface area contributed by atoms with Gasteiger partial charge in [-0.2, -0.15) is 0 Å². The molecule has 3 rings (SSSR count). The number of anilines is 1. The highest BCUT2D eigenvalue weighted by atomic mass is 32.2. The number of nitrogens with one attached hydrogen (secondary N) is 1. The summed E-state index contributed by atoms with van der Waals surface area (Å²) in [5.74, 6) is 1.17. The van der Waals surface area contributed by atoms with E-state index in [-0.39, 0.29) is 17.4 Å². The van der Waals surface area contributed by atoms with Crippen LogP contribution in [0.15, 0.2) is 53.6 Å². The van der Waals surface area contributed by atoms with E-state index in [4.69, 9.17) is 4.74 Å². The Bertz CT molecular complexity index is 806. The predicted molar refractivity (Wildman–Crippen MR) is 98.3 cm³/mol. The number of carbonyl (C=O) groups excluding carboxylic acids is 2. The number of thioether (sulfide) groups is 1. The largest absolute Gasteiger partial charge is 0.471 e. The first-order valence-corrected chi connectivity index (χ1v) is 8.50. The Morgan fingerprint density at radius 1 is 1.20 bits per heavy atom. The molecule has 1 aromatic carbocycles. The van der Waals surface area contributed by atoms with Crippen molar-refractivity contribution in [3.8, 4) is 5.75 Å². The zero-order valence-corrected chi connectivity index (χ0v) is 14.6. The summed E-state index contributed by atoms with van der Waals surface area (Å²) in [5, 5.41) is 1.89. The van der Waals surface area contributed by atoms with E-state index in [2.05, 4.69) is 10.3 Å². The molecule has 25 heavy (non-hydrogen) atoms. The van der Waals surface area contributed by atoms with Crippen molar-refractivity contribution in [1.82, 2.24) is 10.3 Å². The van der Waals surface area contributed by atoms with Gasteiger partial charge in [0.2, 0.25) is 0 Å². The standard InChI is InChI=1S/C18H17N3O3S/c1-12(21(2)16-5-3-4-10-19-16)24-14-8-6-13(7-9-14)11-15-17(22)20-18(23)25-15/h3-12H,1-2H3,(H,20,22,23). The Morgan fingerprint density at radius 2 is 1.96 bits per heavy atom. The highest BCUT2D eigenvalue weighted by molar-refractivity contribution is 8.18. The molecule has 1 saturated heterocycles. The molecule has 128 valence electrons. The Kier molecular flexibility index (Phi) is 5.04. The zero-order chi connectivity index (χ0) is 17.8. The maximum Gasteiger partial charge on any atom is 0.290 e. The number of aromatic nitrogens is 1. The van der Waals surface area contributed by atoms with Gasteiger partial charge in [-0.05, 0) is 54.6 Å². The highest BCUT2D eigenvalue weighted by Crippen LogP contribution is 2.26. The van der Waals surface area contributed by atoms with Gasteiger partial charge in [-0.1, -0.05) is 18.2 Å². The fraction of sp³-hybridized carbons (Fsp3) is 0.167. The van der Waals surface area contributed by atoms with Crippen LogP contribution in [0.5, 0.6) is 5.75 Å². The van der Waals surface area contributed by atoms with Crippen LogP contribution >= 0.6 is 11.8 Å². The lowest BCUT2D eigenvalue weighted by Crippen LogP contribution is -2.34. The SMILES string of the molecule is CC(Oc1ccc(C=C2SC(=O)NC2=O)cc1)N(C)c1ccccn1. The minimum absolute atomic E-state index is 0.201. The van der Waals surface area contributed by atoms with Crippen LogP contribution < -0.4 is 15.0 Å². The predicted octanol–water partition coefficient (Wildman–Crippen LogP) is 3.27. The molecule has 7 heteroatoms. The molecule has 2 heterocycles. The molecule has 0 bridgehead atoms. The third-order valence-electron chi connectivity index (χ3n) is 3.68. The van der Waals surface area contributed by atoms with Gasteiger partial charge in [-0.15, -0.1) is 0 Å². The van der Waals surface area contributed by atoms with Crippen LogP contribution in [0.1, 0.15) is 12.5 Å². The molecule has 2 aromatic rings. The summed E-state index contributed by atoms with van der Waals surface area (Å²) < 4.78 is 5.92. The Labute approximate surface area is 149 Å². The molecule has 1 N–H and O–H groups in total. The number of amides is 2. The van der Waals surface area contributed by atoms with Crippen molar-refractivity contribution in [3.63, 3.8) is 0 Å². The van der Waals surface area contributed by atoms with Gasteiger partial charge in [0.1, 0.15) is 11.6 Å². The summed E-state index contributed by atoms with van der Waals surface area (Å²) >= 11 is 0.902. The first-order valence-electron chi connectivity index (χ1n) is 7.68. The summed E-state index contributed by atoms with van der Waals surface area (Å²) in [7, 11) is 1.92. The summed E-state index contributed by atoms with van der Waals surface area (Å²) in [6.07, 6.45) is 3.22. The maximum absolute atomic E-state index is 11.6. The number of imide groups is 1. The van der Waals surface area contributed by atoms with Crippen LogP contribution in [-0.4, -0.2) is 29.4 Å². The van der Waals surface area contributed by atoms with E-state index in [1.165, 1.54) is 0 Å². The number of nitrogens with zero attached hydrogens (tertiary/aromatic N) is 2. The van der Waals surface area contributed by atoms with Crippen LogP contribution in [-0.2, 0) is 4.79 Å². The second-order valence-electron chi connectivity index (χ2n) is 5.44. The second-order valence-corrected chi connectivity index (χ2v) is 6.45. The Balaban J connectivity index is 1.65. The third kappa shape index (κ3) is 4.19.